The monoisotopic (exact) mass is 255 g/mol. The molecule has 2 N–H and O–H groups in total. The van der Waals surface area contributed by atoms with Crippen molar-refractivity contribution < 1.29 is 4.79 Å². The van der Waals surface area contributed by atoms with Crippen LogP contribution in [0.2, 0.25) is 0 Å². The van der Waals surface area contributed by atoms with Crippen LogP contribution in [-0.2, 0) is 6.54 Å². The molecule has 3 heterocycles. The zero-order valence-corrected chi connectivity index (χ0v) is 10.4. The van der Waals surface area contributed by atoms with Gasteiger partial charge in [0.25, 0.3) is 5.91 Å². The summed E-state index contributed by atoms with van der Waals surface area (Å²) in [7, 11) is 0. The lowest BCUT2D eigenvalue weighted by atomic mass is 10.4. The Morgan fingerprint density at radius 1 is 1.47 bits per heavy atom. The van der Waals surface area contributed by atoms with Crippen LogP contribution in [0.25, 0.3) is 5.65 Å². The van der Waals surface area contributed by atoms with Gasteiger partial charge in [0.2, 0.25) is 0 Å². The second kappa shape index (κ2) is 4.56. The first kappa shape index (κ1) is 11.5. The van der Waals surface area contributed by atoms with Crippen molar-refractivity contribution in [3.63, 3.8) is 0 Å². The minimum atomic E-state index is -0.197. The number of amides is 1. The molecule has 0 bridgehead atoms. The largest absolute Gasteiger partial charge is 0.347 e. The summed E-state index contributed by atoms with van der Waals surface area (Å²) < 4.78 is 1.89. The molecule has 0 fully saturated rings. The number of hydrogen-bond donors (Lipinski definition) is 2. The molecule has 0 spiro atoms. The van der Waals surface area contributed by atoms with Gasteiger partial charge in [0.15, 0.2) is 0 Å². The van der Waals surface area contributed by atoms with Gasteiger partial charge in [0, 0.05) is 18.1 Å². The van der Waals surface area contributed by atoms with Gasteiger partial charge in [-0.3, -0.25) is 4.79 Å². The zero-order chi connectivity index (χ0) is 13.2. The van der Waals surface area contributed by atoms with Crippen LogP contribution in [0.15, 0.2) is 36.9 Å². The van der Waals surface area contributed by atoms with Gasteiger partial charge >= 0.3 is 0 Å². The fourth-order valence-corrected chi connectivity index (χ4v) is 1.91. The van der Waals surface area contributed by atoms with Crippen molar-refractivity contribution in [2.45, 2.75) is 13.5 Å². The first-order valence-electron chi connectivity index (χ1n) is 5.94. The van der Waals surface area contributed by atoms with Gasteiger partial charge in [-0.2, -0.15) is 0 Å². The molecular formula is C13H13N5O. The third-order valence-electron chi connectivity index (χ3n) is 2.92. The normalized spacial score (nSPS) is 10.8. The molecular weight excluding hydrogens is 242 g/mol. The van der Waals surface area contributed by atoms with Crippen LogP contribution in [0.1, 0.15) is 21.9 Å². The van der Waals surface area contributed by atoms with Crippen LogP contribution in [0.3, 0.4) is 0 Å². The summed E-state index contributed by atoms with van der Waals surface area (Å²) in [5.74, 6) is -0.197. The Morgan fingerprint density at radius 3 is 3.11 bits per heavy atom. The number of pyridine rings is 1. The van der Waals surface area contributed by atoms with Crippen molar-refractivity contribution in [3.8, 4) is 0 Å². The Kier molecular flexibility index (Phi) is 2.75. The van der Waals surface area contributed by atoms with E-state index in [0.29, 0.717) is 12.2 Å². The fourth-order valence-electron chi connectivity index (χ4n) is 1.91. The number of nitrogens with zero attached hydrogens (tertiary/aromatic N) is 3. The number of nitrogens with one attached hydrogen (secondary N) is 2. The first-order chi connectivity index (χ1) is 9.24. The molecule has 6 heteroatoms. The van der Waals surface area contributed by atoms with E-state index in [0.717, 1.165) is 17.0 Å². The molecule has 0 saturated carbocycles. The van der Waals surface area contributed by atoms with Gasteiger partial charge in [0.1, 0.15) is 11.3 Å². The van der Waals surface area contributed by atoms with Crippen molar-refractivity contribution >= 4 is 11.6 Å². The number of carbonyl (C=O) groups is 1. The highest BCUT2D eigenvalue weighted by Crippen LogP contribution is 2.08. The molecule has 3 rings (SSSR count). The highest BCUT2D eigenvalue weighted by Gasteiger charge is 2.11. The summed E-state index contributed by atoms with van der Waals surface area (Å²) in [6.45, 7) is 2.38. The van der Waals surface area contributed by atoms with Crippen LogP contribution in [0.5, 0.6) is 0 Å². The second-order valence-corrected chi connectivity index (χ2v) is 4.28. The lowest BCUT2D eigenvalue weighted by Gasteiger charge is -1.99. The SMILES string of the molecule is Cc1cccc2nc(C(=O)NCc3cnc[nH]3)cn12. The van der Waals surface area contributed by atoms with Crippen molar-refractivity contribution in [2.24, 2.45) is 0 Å². The van der Waals surface area contributed by atoms with Gasteiger partial charge in [-0.1, -0.05) is 6.07 Å². The predicted octanol–water partition coefficient (Wildman–Crippen LogP) is 1.30. The van der Waals surface area contributed by atoms with Crippen molar-refractivity contribution in [1.29, 1.82) is 0 Å². The Labute approximate surface area is 109 Å². The quantitative estimate of drug-likeness (QED) is 0.740. The summed E-state index contributed by atoms with van der Waals surface area (Å²) in [6.07, 6.45) is 5.00. The number of rotatable bonds is 3. The Bertz CT molecular complexity index is 714. The van der Waals surface area contributed by atoms with Crippen molar-refractivity contribution in [1.82, 2.24) is 24.7 Å². The number of aryl methyl sites for hydroxylation is 1. The number of H-pyrrole nitrogens is 1. The lowest BCUT2D eigenvalue weighted by molar-refractivity contribution is 0.0946. The first-order valence-corrected chi connectivity index (χ1v) is 5.94. The highest BCUT2D eigenvalue weighted by molar-refractivity contribution is 5.92. The zero-order valence-electron chi connectivity index (χ0n) is 10.4. The van der Waals surface area contributed by atoms with Crippen LogP contribution < -0.4 is 5.32 Å². The number of hydrogen-bond acceptors (Lipinski definition) is 3. The van der Waals surface area contributed by atoms with E-state index in [1.807, 2.05) is 29.5 Å². The lowest BCUT2D eigenvalue weighted by Crippen LogP contribution is -2.23. The van der Waals surface area contributed by atoms with Crippen molar-refractivity contribution in [2.75, 3.05) is 0 Å². The van der Waals surface area contributed by atoms with E-state index in [1.54, 1.807) is 18.7 Å². The minimum absolute atomic E-state index is 0.197. The smallest absolute Gasteiger partial charge is 0.271 e. The molecule has 3 aromatic rings. The maximum absolute atomic E-state index is 12.0. The minimum Gasteiger partial charge on any atom is -0.347 e. The summed E-state index contributed by atoms with van der Waals surface area (Å²) in [5.41, 5.74) is 3.08. The topological polar surface area (TPSA) is 75.1 Å². The summed E-state index contributed by atoms with van der Waals surface area (Å²) in [4.78, 5) is 23.1. The number of aromatic amines is 1. The standard InChI is InChI=1S/C13H13N5O/c1-9-3-2-4-12-17-11(7-18(9)12)13(19)15-6-10-5-14-8-16-10/h2-5,7-8H,6H2,1H3,(H,14,16)(H,15,19). The van der Waals surface area contributed by atoms with Gasteiger partial charge < -0.3 is 14.7 Å². The molecule has 0 saturated heterocycles. The molecule has 0 aliphatic carbocycles. The molecule has 3 aromatic heterocycles. The number of carbonyl (C=O) groups excluding carboxylic acids is 1. The molecule has 0 aliphatic rings. The van der Waals surface area contributed by atoms with Crippen LogP contribution >= 0.6 is 0 Å². The highest BCUT2D eigenvalue weighted by atomic mass is 16.1. The third-order valence-corrected chi connectivity index (χ3v) is 2.92. The molecule has 0 aromatic carbocycles. The molecule has 0 aliphatic heterocycles. The van der Waals surface area contributed by atoms with Gasteiger partial charge in [-0.25, -0.2) is 9.97 Å². The van der Waals surface area contributed by atoms with Gasteiger partial charge in [0.05, 0.1) is 18.6 Å². The maximum Gasteiger partial charge on any atom is 0.271 e. The van der Waals surface area contributed by atoms with E-state index >= 15 is 0 Å². The van der Waals surface area contributed by atoms with Gasteiger partial charge in [-0.15, -0.1) is 0 Å². The summed E-state index contributed by atoms with van der Waals surface area (Å²) in [6, 6.07) is 5.77. The van der Waals surface area contributed by atoms with E-state index in [9.17, 15) is 4.79 Å². The van der Waals surface area contributed by atoms with E-state index in [2.05, 4.69) is 20.3 Å². The summed E-state index contributed by atoms with van der Waals surface area (Å²) >= 11 is 0. The van der Waals surface area contributed by atoms with Crippen LogP contribution in [0, 0.1) is 6.92 Å². The van der Waals surface area contributed by atoms with Crippen LogP contribution in [0.4, 0.5) is 0 Å². The molecule has 6 nitrogen and oxygen atoms in total. The average molecular weight is 255 g/mol. The molecule has 0 unspecified atom stereocenters. The van der Waals surface area contributed by atoms with E-state index in [-0.39, 0.29) is 5.91 Å². The van der Waals surface area contributed by atoms with E-state index in [4.69, 9.17) is 0 Å². The second-order valence-electron chi connectivity index (χ2n) is 4.28. The predicted molar refractivity (Wildman–Crippen MR) is 69.7 cm³/mol. The van der Waals surface area contributed by atoms with Crippen molar-refractivity contribution in [3.05, 3.63) is 54.0 Å². The number of imidazole rings is 2. The Morgan fingerprint density at radius 2 is 2.37 bits per heavy atom. The molecule has 19 heavy (non-hydrogen) atoms. The average Bonchev–Trinajstić information content (AvgIpc) is 3.05. The molecule has 1 amide bonds. The Balaban J connectivity index is 1.80. The summed E-state index contributed by atoms with van der Waals surface area (Å²) in [5, 5.41) is 2.80. The Hall–Kier alpha value is -2.63. The number of fused-ring (bicyclic) bond motifs is 1. The third kappa shape index (κ3) is 2.20. The molecule has 96 valence electrons. The molecule has 0 atom stereocenters. The van der Waals surface area contributed by atoms with E-state index < -0.39 is 0 Å². The fraction of sp³-hybridized carbons (Fsp3) is 0.154. The maximum atomic E-state index is 12.0. The number of aromatic nitrogens is 4. The van der Waals surface area contributed by atoms with Crippen LogP contribution in [-0.4, -0.2) is 25.3 Å². The van der Waals surface area contributed by atoms with Gasteiger partial charge in [-0.05, 0) is 19.1 Å². The van der Waals surface area contributed by atoms with E-state index in [1.165, 1.54) is 0 Å². The molecule has 0 radical (unpaired) electrons.